The average molecular weight is 445 g/mol. The summed E-state index contributed by atoms with van der Waals surface area (Å²) in [6.07, 6.45) is 3.02. The second kappa shape index (κ2) is 8.91. The molecular weight excluding hydrogens is 427 g/mol. The molecule has 0 bridgehead atoms. The lowest BCUT2D eigenvalue weighted by Crippen LogP contribution is -2.24. The van der Waals surface area contributed by atoms with E-state index in [1.165, 1.54) is 30.4 Å². The summed E-state index contributed by atoms with van der Waals surface area (Å²) in [5.74, 6) is -0.379. The quantitative estimate of drug-likeness (QED) is 0.327. The Morgan fingerprint density at radius 1 is 1.10 bits per heavy atom. The van der Waals surface area contributed by atoms with Crippen molar-refractivity contribution in [2.45, 2.75) is 20.8 Å². The molecule has 0 aliphatic heterocycles. The second-order valence-corrected chi connectivity index (χ2v) is 8.15. The SMILES string of the molecule is CC(=O)N(c1nc(C=CC(=O)c2ccc(Cl)cc2Cl)cs1)c1c(C)cccc1C. The highest BCUT2D eigenvalue weighted by atomic mass is 35.5. The van der Waals surface area contributed by atoms with Crippen molar-refractivity contribution < 1.29 is 9.59 Å². The monoisotopic (exact) mass is 444 g/mol. The fraction of sp³-hybridized carbons (Fsp3) is 0.136. The fourth-order valence-corrected chi connectivity index (χ4v) is 4.28. The van der Waals surface area contributed by atoms with Crippen LogP contribution < -0.4 is 4.90 Å². The Morgan fingerprint density at radius 3 is 2.41 bits per heavy atom. The Morgan fingerprint density at radius 2 is 1.79 bits per heavy atom. The molecule has 0 radical (unpaired) electrons. The molecule has 0 fully saturated rings. The van der Waals surface area contributed by atoms with E-state index in [4.69, 9.17) is 23.2 Å². The van der Waals surface area contributed by atoms with Gasteiger partial charge in [0.05, 0.1) is 16.4 Å². The third-order valence-corrected chi connectivity index (χ3v) is 5.67. The van der Waals surface area contributed by atoms with Crippen LogP contribution in [0.3, 0.4) is 0 Å². The fourth-order valence-electron chi connectivity index (χ4n) is 2.94. The number of hydrogen-bond acceptors (Lipinski definition) is 4. The molecule has 1 amide bonds. The number of aromatic nitrogens is 1. The van der Waals surface area contributed by atoms with Crippen molar-refractivity contribution >= 4 is 63.1 Å². The summed E-state index contributed by atoms with van der Waals surface area (Å²) in [6, 6.07) is 10.6. The number of halogens is 2. The molecule has 29 heavy (non-hydrogen) atoms. The molecule has 0 unspecified atom stereocenters. The Kier molecular flexibility index (Phi) is 6.52. The van der Waals surface area contributed by atoms with Crippen molar-refractivity contribution in [3.63, 3.8) is 0 Å². The lowest BCUT2D eigenvalue weighted by molar-refractivity contribution is -0.115. The zero-order valence-electron chi connectivity index (χ0n) is 16.1. The number of amides is 1. The molecule has 148 valence electrons. The van der Waals surface area contributed by atoms with Gasteiger partial charge in [-0.1, -0.05) is 41.4 Å². The largest absolute Gasteiger partial charge is 0.289 e. The van der Waals surface area contributed by atoms with Gasteiger partial charge in [-0.25, -0.2) is 4.98 Å². The summed E-state index contributed by atoms with van der Waals surface area (Å²) >= 11 is 13.3. The number of hydrogen-bond donors (Lipinski definition) is 0. The Balaban J connectivity index is 1.88. The number of allylic oxidation sites excluding steroid dienone is 1. The van der Waals surface area contributed by atoms with Gasteiger partial charge in [0.2, 0.25) is 5.91 Å². The van der Waals surface area contributed by atoms with Crippen LogP contribution in [0.4, 0.5) is 10.8 Å². The van der Waals surface area contributed by atoms with E-state index in [0.717, 1.165) is 16.8 Å². The summed E-state index contributed by atoms with van der Waals surface area (Å²) in [7, 11) is 0. The van der Waals surface area contributed by atoms with Crippen LogP contribution in [0.15, 0.2) is 47.9 Å². The molecule has 0 spiro atoms. The number of carbonyl (C=O) groups is 2. The van der Waals surface area contributed by atoms with E-state index in [-0.39, 0.29) is 11.7 Å². The lowest BCUT2D eigenvalue weighted by Gasteiger charge is -2.22. The number of aryl methyl sites for hydroxylation is 2. The third-order valence-electron chi connectivity index (χ3n) is 4.28. The van der Waals surface area contributed by atoms with Gasteiger partial charge in [0, 0.05) is 22.9 Å². The molecule has 2 aromatic carbocycles. The molecule has 0 aliphatic carbocycles. The smallest absolute Gasteiger partial charge is 0.230 e. The van der Waals surface area contributed by atoms with Crippen LogP contribution in [-0.2, 0) is 4.79 Å². The highest BCUT2D eigenvalue weighted by molar-refractivity contribution is 7.14. The van der Waals surface area contributed by atoms with Crippen molar-refractivity contribution in [1.29, 1.82) is 0 Å². The molecule has 0 N–H and O–H groups in total. The molecule has 3 aromatic rings. The number of carbonyl (C=O) groups excluding carboxylic acids is 2. The first-order valence-electron chi connectivity index (χ1n) is 8.78. The van der Waals surface area contributed by atoms with Gasteiger partial charge in [0.15, 0.2) is 10.9 Å². The number of thiazole rings is 1. The van der Waals surface area contributed by atoms with Crippen molar-refractivity contribution in [2.75, 3.05) is 4.90 Å². The van der Waals surface area contributed by atoms with Crippen LogP contribution in [0, 0.1) is 13.8 Å². The van der Waals surface area contributed by atoms with Crippen molar-refractivity contribution in [2.24, 2.45) is 0 Å². The molecule has 0 saturated carbocycles. The molecule has 4 nitrogen and oxygen atoms in total. The van der Waals surface area contributed by atoms with Gasteiger partial charge in [-0.3, -0.25) is 14.5 Å². The molecule has 0 aliphatic rings. The first-order chi connectivity index (χ1) is 13.8. The summed E-state index contributed by atoms with van der Waals surface area (Å²) < 4.78 is 0. The van der Waals surface area contributed by atoms with E-state index in [2.05, 4.69) is 4.98 Å². The Hall–Kier alpha value is -2.47. The maximum absolute atomic E-state index is 12.4. The first-order valence-corrected chi connectivity index (χ1v) is 10.4. The number of benzene rings is 2. The zero-order valence-corrected chi connectivity index (χ0v) is 18.4. The van der Waals surface area contributed by atoms with Gasteiger partial charge in [-0.05, 0) is 55.3 Å². The summed E-state index contributed by atoms with van der Waals surface area (Å²) in [5.41, 5.74) is 3.75. The van der Waals surface area contributed by atoms with Crippen molar-refractivity contribution in [3.8, 4) is 0 Å². The maximum atomic E-state index is 12.4. The maximum Gasteiger partial charge on any atom is 0.230 e. The van der Waals surface area contributed by atoms with Crippen LogP contribution in [0.1, 0.15) is 34.1 Å². The van der Waals surface area contributed by atoms with Gasteiger partial charge in [0.1, 0.15) is 0 Å². The van der Waals surface area contributed by atoms with Crippen molar-refractivity contribution in [1.82, 2.24) is 4.98 Å². The number of nitrogens with zero attached hydrogens (tertiary/aromatic N) is 2. The highest BCUT2D eigenvalue weighted by Crippen LogP contribution is 2.34. The predicted octanol–water partition coefficient (Wildman–Crippen LogP) is 6.65. The summed E-state index contributed by atoms with van der Waals surface area (Å²) in [5, 5.41) is 3.11. The van der Waals surface area contributed by atoms with Crippen LogP contribution in [0.2, 0.25) is 10.0 Å². The predicted molar refractivity (Wildman–Crippen MR) is 121 cm³/mol. The van der Waals surface area contributed by atoms with Gasteiger partial charge in [-0.2, -0.15) is 0 Å². The topological polar surface area (TPSA) is 50.3 Å². The zero-order chi connectivity index (χ0) is 21.1. The average Bonchev–Trinajstić information content (AvgIpc) is 3.11. The molecule has 1 heterocycles. The lowest BCUT2D eigenvalue weighted by atomic mass is 10.1. The van der Waals surface area contributed by atoms with Crippen LogP contribution >= 0.6 is 34.5 Å². The standard InChI is InChI=1S/C22H18Cl2N2O2S/c1-13-5-4-6-14(2)21(13)26(15(3)27)22-25-17(12-29-22)8-10-20(28)18-9-7-16(23)11-19(18)24/h4-12H,1-3H3. The second-order valence-electron chi connectivity index (χ2n) is 6.47. The number of rotatable bonds is 5. The van der Waals surface area contributed by atoms with E-state index in [9.17, 15) is 9.59 Å². The normalized spacial score (nSPS) is 11.1. The van der Waals surface area contributed by atoms with Crippen molar-refractivity contribution in [3.05, 3.63) is 80.3 Å². The molecule has 0 saturated heterocycles. The van der Waals surface area contributed by atoms with Gasteiger partial charge < -0.3 is 0 Å². The Labute approximate surface area is 183 Å². The highest BCUT2D eigenvalue weighted by Gasteiger charge is 2.21. The van der Waals surface area contributed by atoms with Gasteiger partial charge >= 0.3 is 0 Å². The van der Waals surface area contributed by atoms with E-state index in [1.54, 1.807) is 28.5 Å². The van der Waals surface area contributed by atoms with E-state index < -0.39 is 0 Å². The first kappa shape index (κ1) is 21.2. The van der Waals surface area contributed by atoms with Gasteiger partial charge in [0.25, 0.3) is 0 Å². The number of ketones is 1. The van der Waals surface area contributed by atoms with E-state index >= 15 is 0 Å². The minimum Gasteiger partial charge on any atom is -0.289 e. The number of anilines is 2. The number of para-hydroxylation sites is 1. The van der Waals surface area contributed by atoms with E-state index in [1.807, 2.05) is 32.0 Å². The summed E-state index contributed by atoms with van der Waals surface area (Å²) in [4.78, 5) is 30.9. The molecular formula is C22H18Cl2N2O2S. The minimum absolute atomic E-state index is 0.128. The third kappa shape index (κ3) is 4.75. The summed E-state index contributed by atoms with van der Waals surface area (Å²) in [6.45, 7) is 5.43. The molecule has 1 aromatic heterocycles. The van der Waals surface area contributed by atoms with Gasteiger partial charge in [-0.15, -0.1) is 11.3 Å². The van der Waals surface area contributed by atoms with Crippen LogP contribution in [0.5, 0.6) is 0 Å². The van der Waals surface area contributed by atoms with Crippen LogP contribution in [-0.4, -0.2) is 16.7 Å². The molecule has 0 atom stereocenters. The van der Waals surface area contributed by atoms with Crippen LogP contribution in [0.25, 0.3) is 6.08 Å². The van der Waals surface area contributed by atoms with E-state index in [0.29, 0.717) is 26.4 Å². The molecule has 3 rings (SSSR count). The molecule has 7 heteroatoms. The Bertz CT molecular complexity index is 1100. The minimum atomic E-state index is -0.251.